The van der Waals surface area contributed by atoms with Crippen LogP contribution in [0.2, 0.25) is 0 Å². The highest BCUT2D eigenvalue weighted by molar-refractivity contribution is 7.88. The second-order valence-electron chi connectivity index (χ2n) is 5.59. The van der Waals surface area contributed by atoms with Crippen LogP contribution in [0.5, 0.6) is 0 Å². The molecule has 0 saturated carbocycles. The Labute approximate surface area is 148 Å². The molecule has 0 aliphatic heterocycles. The summed E-state index contributed by atoms with van der Waals surface area (Å²) >= 11 is 0. The fourth-order valence-electron chi connectivity index (χ4n) is 2.54. The lowest BCUT2D eigenvalue weighted by Crippen LogP contribution is -2.30. The molecule has 1 aliphatic carbocycles. The van der Waals surface area contributed by atoms with Gasteiger partial charge in [0, 0.05) is 18.7 Å². The van der Waals surface area contributed by atoms with Gasteiger partial charge in [0.05, 0.1) is 23.9 Å². The van der Waals surface area contributed by atoms with E-state index in [1.165, 1.54) is 0 Å². The molecule has 0 amide bonds. The summed E-state index contributed by atoms with van der Waals surface area (Å²) < 4.78 is 29.8. The highest BCUT2D eigenvalue weighted by Gasteiger charge is 2.19. The van der Waals surface area contributed by atoms with Gasteiger partial charge >= 0.3 is 0 Å². The fourth-order valence-corrected chi connectivity index (χ4v) is 3.10. The third-order valence-corrected chi connectivity index (χ3v) is 4.40. The van der Waals surface area contributed by atoms with Crippen LogP contribution in [0.15, 0.2) is 35.1 Å². The molecule has 0 saturated heterocycles. The van der Waals surface area contributed by atoms with Crippen LogP contribution in [0.4, 0.5) is 11.5 Å². The van der Waals surface area contributed by atoms with E-state index in [4.69, 9.17) is 5.73 Å². The molecule has 0 radical (unpaired) electrons. The Balaban J connectivity index is 2.51. The molecular weight excluding hydrogens is 340 g/mol. The number of aryl methyl sites for hydroxylation is 1. The SMILES string of the molecule is CCn1ncc(/N=C2/C=CC(=[N+](CC)CC)C=C2NS(C)(=O)=O)c1N. The Morgan fingerprint density at radius 3 is 2.48 bits per heavy atom. The number of anilines is 1. The van der Waals surface area contributed by atoms with Gasteiger partial charge in [0.15, 0.2) is 0 Å². The van der Waals surface area contributed by atoms with Crippen LogP contribution in [0.3, 0.4) is 0 Å². The van der Waals surface area contributed by atoms with Gasteiger partial charge in [-0.05, 0) is 26.8 Å². The number of aromatic nitrogens is 2. The maximum atomic E-state index is 11.7. The Kier molecular flexibility index (Phi) is 5.78. The summed E-state index contributed by atoms with van der Waals surface area (Å²) in [7, 11) is -3.44. The van der Waals surface area contributed by atoms with Crippen molar-refractivity contribution < 1.29 is 13.0 Å². The number of hydrogen-bond acceptors (Lipinski definition) is 5. The van der Waals surface area contributed by atoms with Crippen LogP contribution in [0.1, 0.15) is 20.8 Å². The van der Waals surface area contributed by atoms with Crippen molar-refractivity contribution >= 4 is 33.0 Å². The standard InChI is InChI=1S/C16H24N6O2S/c1-5-21(6-2)12-8-9-13(14(10-12)20-25(4,23)24)19-15-11-18-22(7-3)16(15)17/h8-11H,5-7H2,1-4H3,(H2,17,18,20)/p+1. The van der Waals surface area contributed by atoms with Crippen molar-refractivity contribution in [1.29, 1.82) is 0 Å². The largest absolute Gasteiger partial charge is 0.382 e. The number of aliphatic imine (C=N–C) groups is 1. The normalized spacial score (nSPS) is 16.2. The van der Waals surface area contributed by atoms with Crippen molar-refractivity contribution in [3.63, 3.8) is 0 Å². The van der Waals surface area contributed by atoms with E-state index in [-0.39, 0.29) is 0 Å². The van der Waals surface area contributed by atoms with Gasteiger partial charge in [0.2, 0.25) is 15.7 Å². The molecule has 1 aliphatic rings. The van der Waals surface area contributed by atoms with Crippen LogP contribution in [0, 0.1) is 0 Å². The molecule has 1 heterocycles. The lowest BCUT2D eigenvalue weighted by Gasteiger charge is -2.13. The average Bonchev–Trinajstić information content (AvgIpc) is 2.89. The van der Waals surface area contributed by atoms with Gasteiger partial charge in [0.1, 0.15) is 24.6 Å². The molecule has 25 heavy (non-hydrogen) atoms. The van der Waals surface area contributed by atoms with Crippen LogP contribution in [-0.4, -0.2) is 53.5 Å². The molecule has 1 aromatic heterocycles. The van der Waals surface area contributed by atoms with Gasteiger partial charge < -0.3 is 5.73 Å². The predicted molar refractivity (Wildman–Crippen MR) is 101 cm³/mol. The Bertz CT molecular complexity index is 868. The van der Waals surface area contributed by atoms with Gasteiger partial charge in [-0.2, -0.15) is 5.10 Å². The molecule has 0 unspecified atom stereocenters. The third kappa shape index (κ3) is 4.56. The fraction of sp³-hybridized carbons (Fsp3) is 0.438. The molecule has 0 spiro atoms. The van der Waals surface area contributed by atoms with E-state index in [1.807, 2.05) is 26.8 Å². The summed E-state index contributed by atoms with van der Waals surface area (Å²) in [4.78, 5) is 4.49. The lowest BCUT2D eigenvalue weighted by molar-refractivity contribution is -0.519. The first-order valence-electron chi connectivity index (χ1n) is 8.18. The minimum atomic E-state index is -3.44. The molecule has 0 fully saturated rings. The van der Waals surface area contributed by atoms with Crippen LogP contribution < -0.4 is 10.5 Å². The summed E-state index contributed by atoms with van der Waals surface area (Å²) in [5.41, 5.74) is 8.35. The second kappa shape index (κ2) is 7.64. The molecular formula is C16H25N6O2S+. The maximum absolute atomic E-state index is 11.7. The number of nitrogens with zero attached hydrogens (tertiary/aromatic N) is 4. The van der Waals surface area contributed by atoms with Crippen molar-refractivity contribution in [3.8, 4) is 0 Å². The number of nitrogens with two attached hydrogens (primary N) is 1. The highest BCUT2D eigenvalue weighted by Crippen LogP contribution is 2.23. The molecule has 8 nitrogen and oxygen atoms in total. The summed E-state index contributed by atoms with van der Waals surface area (Å²) in [5.74, 6) is 0.445. The van der Waals surface area contributed by atoms with E-state index in [0.717, 1.165) is 25.1 Å². The average molecular weight is 365 g/mol. The summed E-state index contributed by atoms with van der Waals surface area (Å²) in [6.45, 7) is 8.30. The van der Waals surface area contributed by atoms with E-state index in [2.05, 4.69) is 19.4 Å². The van der Waals surface area contributed by atoms with Gasteiger partial charge in [-0.1, -0.05) is 0 Å². The van der Waals surface area contributed by atoms with Crippen molar-refractivity contribution in [2.75, 3.05) is 25.1 Å². The minimum absolute atomic E-state index is 0.413. The molecule has 0 bridgehead atoms. The van der Waals surface area contributed by atoms with E-state index in [0.29, 0.717) is 29.5 Å². The molecule has 9 heteroatoms. The van der Waals surface area contributed by atoms with Gasteiger partial charge in [0.25, 0.3) is 0 Å². The summed E-state index contributed by atoms with van der Waals surface area (Å²) in [6.07, 6.45) is 8.17. The van der Waals surface area contributed by atoms with Gasteiger partial charge in [-0.25, -0.2) is 22.7 Å². The quantitative estimate of drug-likeness (QED) is 0.581. The molecule has 2 rings (SSSR count). The zero-order valence-electron chi connectivity index (χ0n) is 15.0. The van der Waals surface area contributed by atoms with Crippen LogP contribution in [-0.2, 0) is 16.6 Å². The lowest BCUT2D eigenvalue weighted by atomic mass is 10.1. The van der Waals surface area contributed by atoms with E-state index >= 15 is 0 Å². The van der Waals surface area contributed by atoms with Crippen LogP contribution >= 0.6 is 0 Å². The Hall–Kier alpha value is -2.42. The first-order valence-corrected chi connectivity index (χ1v) is 10.1. The summed E-state index contributed by atoms with van der Waals surface area (Å²) in [6, 6.07) is 0. The monoisotopic (exact) mass is 365 g/mol. The van der Waals surface area contributed by atoms with E-state index < -0.39 is 10.0 Å². The van der Waals surface area contributed by atoms with Crippen molar-refractivity contribution in [3.05, 3.63) is 30.1 Å². The number of nitrogens with one attached hydrogen (secondary N) is 1. The van der Waals surface area contributed by atoms with Gasteiger partial charge in [-0.3, -0.25) is 4.72 Å². The molecule has 3 N–H and O–H groups in total. The minimum Gasteiger partial charge on any atom is -0.382 e. The van der Waals surface area contributed by atoms with E-state index in [1.54, 1.807) is 23.0 Å². The van der Waals surface area contributed by atoms with Crippen molar-refractivity contribution in [2.24, 2.45) is 4.99 Å². The zero-order valence-corrected chi connectivity index (χ0v) is 15.8. The Morgan fingerprint density at radius 1 is 1.28 bits per heavy atom. The topological polar surface area (TPSA) is 105 Å². The zero-order chi connectivity index (χ0) is 18.6. The first-order chi connectivity index (χ1) is 11.8. The molecule has 1 aromatic rings. The number of sulfonamides is 1. The number of nitrogen functional groups attached to an aromatic ring is 1. The second-order valence-corrected chi connectivity index (χ2v) is 7.34. The Morgan fingerprint density at radius 2 is 1.96 bits per heavy atom. The molecule has 136 valence electrons. The number of rotatable bonds is 6. The number of allylic oxidation sites excluding steroid dienone is 3. The highest BCUT2D eigenvalue weighted by atomic mass is 32.2. The van der Waals surface area contributed by atoms with Crippen molar-refractivity contribution in [2.45, 2.75) is 27.3 Å². The maximum Gasteiger partial charge on any atom is 0.229 e. The molecule has 0 aromatic carbocycles. The van der Waals surface area contributed by atoms with E-state index in [9.17, 15) is 8.42 Å². The summed E-state index contributed by atoms with van der Waals surface area (Å²) in [5, 5.41) is 4.16. The predicted octanol–water partition coefficient (Wildman–Crippen LogP) is 1.05. The van der Waals surface area contributed by atoms with Gasteiger partial charge in [-0.15, -0.1) is 0 Å². The smallest absolute Gasteiger partial charge is 0.229 e. The third-order valence-electron chi connectivity index (χ3n) is 3.80. The van der Waals surface area contributed by atoms with Crippen LogP contribution in [0.25, 0.3) is 0 Å². The number of hydrogen-bond donors (Lipinski definition) is 2. The first kappa shape index (κ1) is 18.9. The molecule has 0 atom stereocenters. The van der Waals surface area contributed by atoms with Crippen molar-refractivity contribution in [1.82, 2.24) is 14.5 Å².